The molecule has 25 heavy (non-hydrogen) atoms. The normalized spacial score (nSPS) is 15.1. The summed E-state index contributed by atoms with van der Waals surface area (Å²) < 4.78 is 28.3. The minimum absolute atomic E-state index is 0.0406. The van der Waals surface area contributed by atoms with E-state index in [1.807, 2.05) is 13.8 Å². The molecule has 0 fully saturated rings. The van der Waals surface area contributed by atoms with Crippen molar-refractivity contribution in [2.24, 2.45) is 5.92 Å². The van der Waals surface area contributed by atoms with Crippen LogP contribution in [0.15, 0.2) is 0 Å². The molecule has 0 aliphatic rings. The second kappa shape index (κ2) is 13.3. The topological polar surface area (TPSA) is 90.9 Å². The molecule has 0 aromatic heterocycles. The predicted molar refractivity (Wildman–Crippen MR) is 105 cm³/mol. The minimum atomic E-state index is -3.81. The Morgan fingerprint density at radius 1 is 1.28 bits per heavy atom. The Kier molecular flexibility index (Phi) is 13.4. The van der Waals surface area contributed by atoms with Gasteiger partial charge in [-0.05, 0) is 12.8 Å². The first-order valence-corrected chi connectivity index (χ1v) is 12.9. The summed E-state index contributed by atoms with van der Waals surface area (Å²) in [6.07, 6.45) is 0.884. The van der Waals surface area contributed by atoms with Crippen molar-refractivity contribution in [3.63, 3.8) is 0 Å². The molecule has 0 heterocycles. The second-order valence-electron chi connectivity index (χ2n) is 5.65. The fraction of sp³-hybridized carbons (Fsp3) is 0.857. The van der Waals surface area contributed by atoms with Crippen molar-refractivity contribution >= 4 is 47.6 Å². The molecule has 0 aromatic rings. The molecule has 1 N–H and O–H groups in total. The van der Waals surface area contributed by atoms with Crippen molar-refractivity contribution in [2.75, 3.05) is 13.2 Å². The molecular formula is C14H28NO6P2S2-. The van der Waals surface area contributed by atoms with E-state index in [1.165, 1.54) is 0 Å². The predicted octanol–water partition coefficient (Wildman–Crippen LogP) is 3.51. The average molecular weight is 432 g/mol. The van der Waals surface area contributed by atoms with Crippen LogP contribution in [0, 0.1) is 5.92 Å². The van der Waals surface area contributed by atoms with Gasteiger partial charge in [0.05, 0.1) is 12.7 Å². The zero-order chi connectivity index (χ0) is 19.5. The monoisotopic (exact) mass is 432 g/mol. The number of nitrogens with one attached hydrogen (secondary N) is 1. The lowest BCUT2D eigenvalue weighted by molar-refractivity contribution is -0.127. The third-order valence-corrected chi connectivity index (χ3v) is 6.66. The fourth-order valence-electron chi connectivity index (χ4n) is 1.64. The van der Waals surface area contributed by atoms with Crippen LogP contribution < -0.4 is 5.32 Å². The lowest BCUT2D eigenvalue weighted by atomic mass is 10.0. The van der Waals surface area contributed by atoms with Gasteiger partial charge in [-0.2, -0.15) is 0 Å². The van der Waals surface area contributed by atoms with Gasteiger partial charge in [-0.1, -0.05) is 27.7 Å². The van der Waals surface area contributed by atoms with Crippen molar-refractivity contribution in [3.05, 3.63) is 0 Å². The van der Waals surface area contributed by atoms with Crippen LogP contribution in [0.3, 0.4) is 0 Å². The first kappa shape index (κ1) is 25.1. The molecular weight excluding hydrogens is 404 g/mol. The van der Waals surface area contributed by atoms with Crippen LogP contribution in [0.4, 0.5) is 0 Å². The van der Waals surface area contributed by atoms with E-state index < -0.39 is 22.8 Å². The average Bonchev–Trinajstić information content (AvgIpc) is 2.53. The van der Waals surface area contributed by atoms with Crippen molar-refractivity contribution < 1.29 is 27.2 Å². The molecule has 7 nitrogen and oxygen atoms in total. The standard InChI is InChI=1S/C14H28NO6P2S2/c1-5-9-19-23(18,21-25(22)24)20-12(6-2)10-15-14(17)8-7-13(16)11(3)4/h11-12,22H,5-10H2,1-4H3,(H,15,17)/q-1. The second-order valence-corrected chi connectivity index (χ2v) is 11.0. The summed E-state index contributed by atoms with van der Waals surface area (Å²) in [7, 11) is -1.94. The van der Waals surface area contributed by atoms with Gasteiger partial charge in [0.1, 0.15) is 5.78 Å². The van der Waals surface area contributed by atoms with Crippen LogP contribution in [0.2, 0.25) is 0 Å². The SMILES string of the molecule is CCCOP(=O)(OC(CC)CNC(=O)CCC(=O)C(C)C)O[S-](=P)=S. The van der Waals surface area contributed by atoms with E-state index >= 15 is 0 Å². The maximum Gasteiger partial charge on any atom is 0.456 e. The molecule has 0 bridgehead atoms. The number of carbonyl (C=O) groups excluding carboxylic acids is 2. The van der Waals surface area contributed by atoms with Gasteiger partial charge in [0.2, 0.25) is 5.91 Å². The molecule has 0 aliphatic carbocycles. The number of hydrogen-bond acceptors (Lipinski definition) is 8. The van der Waals surface area contributed by atoms with Gasteiger partial charge >= 0.3 is 7.82 Å². The van der Waals surface area contributed by atoms with Gasteiger partial charge in [0.15, 0.2) is 0 Å². The molecule has 0 saturated heterocycles. The molecule has 1 amide bonds. The summed E-state index contributed by atoms with van der Waals surface area (Å²) in [5, 5.41) is 2.68. The van der Waals surface area contributed by atoms with Gasteiger partial charge < -0.3 is 9.29 Å². The van der Waals surface area contributed by atoms with Crippen molar-refractivity contribution in [2.45, 2.75) is 59.5 Å². The number of hydrogen-bond donors (Lipinski definition) is 1. The van der Waals surface area contributed by atoms with Crippen LogP contribution in [-0.2, 0) is 47.3 Å². The molecule has 2 unspecified atom stereocenters. The number of carbonyl (C=O) groups is 2. The number of rotatable bonds is 14. The molecule has 0 aliphatic heterocycles. The summed E-state index contributed by atoms with van der Waals surface area (Å²) in [6, 6.07) is 0. The molecule has 0 rings (SSSR count). The zero-order valence-corrected chi connectivity index (χ0v) is 18.6. The molecule has 2 atom stereocenters. The van der Waals surface area contributed by atoms with Crippen molar-refractivity contribution in [1.82, 2.24) is 5.32 Å². The summed E-state index contributed by atoms with van der Waals surface area (Å²) in [5.74, 6) is -0.308. The van der Waals surface area contributed by atoms with E-state index in [4.69, 9.17) is 24.2 Å². The fourth-order valence-corrected chi connectivity index (χ4v) is 5.16. The molecule has 148 valence electrons. The minimum Gasteiger partial charge on any atom is -0.383 e. The Bertz CT molecular complexity index is 545. The van der Waals surface area contributed by atoms with Crippen LogP contribution in [0.1, 0.15) is 53.4 Å². The highest BCUT2D eigenvalue weighted by Crippen LogP contribution is 2.51. The Labute approximate surface area is 158 Å². The van der Waals surface area contributed by atoms with Crippen LogP contribution >= 0.6 is 15.8 Å². The summed E-state index contributed by atoms with van der Waals surface area (Å²) in [4.78, 5) is 23.4. The number of phosphoric acid groups is 1. The van der Waals surface area contributed by atoms with E-state index in [-0.39, 0.29) is 43.6 Å². The summed E-state index contributed by atoms with van der Waals surface area (Å²) in [6.45, 7) is 7.63. The molecule has 0 aromatic carbocycles. The Morgan fingerprint density at radius 3 is 2.40 bits per heavy atom. The maximum absolute atomic E-state index is 12.6. The van der Waals surface area contributed by atoms with E-state index in [0.29, 0.717) is 12.8 Å². The highest BCUT2D eigenvalue weighted by molar-refractivity contribution is 8.37. The van der Waals surface area contributed by atoms with Gasteiger partial charge in [-0.25, -0.2) is 23.8 Å². The van der Waals surface area contributed by atoms with E-state index in [0.717, 1.165) is 0 Å². The van der Waals surface area contributed by atoms with Crippen LogP contribution in [-0.4, -0.2) is 30.9 Å². The van der Waals surface area contributed by atoms with E-state index in [2.05, 4.69) is 13.3 Å². The smallest absolute Gasteiger partial charge is 0.383 e. The Morgan fingerprint density at radius 2 is 1.92 bits per heavy atom. The van der Waals surface area contributed by atoms with Crippen LogP contribution in [0.25, 0.3) is 0 Å². The van der Waals surface area contributed by atoms with Crippen molar-refractivity contribution in [3.8, 4) is 0 Å². The first-order valence-electron chi connectivity index (χ1n) is 8.19. The third kappa shape index (κ3) is 12.2. The maximum atomic E-state index is 12.6. The molecule has 0 radical (unpaired) electrons. The van der Waals surface area contributed by atoms with Gasteiger partial charge in [-0.3, -0.25) is 27.5 Å². The van der Waals surface area contributed by atoms with E-state index in [9.17, 15) is 14.2 Å². The summed E-state index contributed by atoms with van der Waals surface area (Å²) in [5.41, 5.74) is 0. The molecule has 11 heteroatoms. The summed E-state index contributed by atoms with van der Waals surface area (Å²) >= 11 is 4.84. The highest BCUT2D eigenvalue weighted by Gasteiger charge is 2.27. The van der Waals surface area contributed by atoms with Crippen molar-refractivity contribution in [1.29, 1.82) is 0 Å². The lowest BCUT2D eigenvalue weighted by Gasteiger charge is -2.26. The highest BCUT2D eigenvalue weighted by atomic mass is 32.9. The number of phosphoric ester groups is 1. The van der Waals surface area contributed by atoms with Gasteiger partial charge in [0.25, 0.3) is 0 Å². The lowest BCUT2D eigenvalue weighted by Crippen LogP contribution is -2.33. The first-order chi connectivity index (χ1) is 11.6. The Hall–Kier alpha value is 0.120. The van der Waals surface area contributed by atoms with Crippen LogP contribution in [0.5, 0.6) is 0 Å². The largest absolute Gasteiger partial charge is 0.456 e. The number of amides is 1. The zero-order valence-electron chi connectivity index (χ0n) is 15.1. The molecule has 0 saturated carbocycles. The third-order valence-electron chi connectivity index (χ3n) is 3.12. The molecule has 0 spiro atoms. The number of ketones is 1. The van der Waals surface area contributed by atoms with Gasteiger partial charge in [-0.15, -0.1) is 0 Å². The van der Waals surface area contributed by atoms with E-state index in [1.54, 1.807) is 13.8 Å². The van der Waals surface area contributed by atoms with Gasteiger partial charge in [0, 0.05) is 25.3 Å². The Balaban J connectivity index is 4.57. The quantitative estimate of drug-likeness (QED) is 0.332. The number of Topliss-reactive ketones (excluding diaryl/α,β-unsaturated/α-hetero) is 1.